The van der Waals surface area contributed by atoms with E-state index in [1.807, 2.05) is 18.2 Å². The molecule has 1 heterocycles. The molecule has 2 unspecified atom stereocenters. The Kier molecular flexibility index (Phi) is 5.06. The van der Waals surface area contributed by atoms with Gasteiger partial charge in [-0.25, -0.2) is 10.9 Å². The number of hydrazine groups is 1. The molecule has 28 heavy (non-hydrogen) atoms. The number of amides is 2. The summed E-state index contributed by atoms with van der Waals surface area (Å²) in [7, 11) is 0. The third-order valence-corrected chi connectivity index (χ3v) is 4.89. The van der Waals surface area contributed by atoms with Crippen molar-refractivity contribution in [3.63, 3.8) is 0 Å². The minimum Gasteiger partial charge on any atom is -0.326 e. The van der Waals surface area contributed by atoms with E-state index < -0.39 is 0 Å². The zero-order valence-electron chi connectivity index (χ0n) is 15.5. The summed E-state index contributed by atoms with van der Waals surface area (Å²) in [6, 6.07) is 21.3. The smallest absolute Gasteiger partial charge is 0.242 e. The number of benzene rings is 3. The molecule has 142 valence electrons. The summed E-state index contributed by atoms with van der Waals surface area (Å²) < 4.78 is 0. The lowest BCUT2D eigenvalue weighted by molar-refractivity contribution is -0.118. The summed E-state index contributed by atoms with van der Waals surface area (Å²) in [5.74, 6) is -0.222. The van der Waals surface area contributed by atoms with E-state index in [2.05, 4.69) is 45.8 Å². The Morgan fingerprint density at radius 2 is 1.54 bits per heavy atom. The SMILES string of the molecule is CC(=O)Nc1ccc(NC(=O)C2CC(c3cccc4ccccc34)NN2)cc1. The summed E-state index contributed by atoms with van der Waals surface area (Å²) in [4.78, 5) is 23.7. The fourth-order valence-electron chi connectivity index (χ4n) is 3.56. The summed E-state index contributed by atoms with van der Waals surface area (Å²) in [5, 5.41) is 8.01. The van der Waals surface area contributed by atoms with Crippen LogP contribution in [0.4, 0.5) is 11.4 Å². The van der Waals surface area contributed by atoms with Crippen molar-refractivity contribution >= 4 is 34.0 Å². The topological polar surface area (TPSA) is 82.3 Å². The average Bonchev–Trinajstić information content (AvgIpc) is 3.19. The Bertz CT molecular complexity index is 1010. The van der Waals surface area contributed by atoms with E-state index in [-0.39, 0.29) is 23.9 Å². The summed E-state index contributed by atoms with van der Waals surface area (Å²) in [6.07, 6.45) is 0.657. The highest BCUT2D eigenvalue weighted by Crippen LogP contribution is 2.29. The van der Waals surface area contributed by atoms with Crippen LogP contribution in [0, 0.1) is 0 Å². The number of rotatable bonds is 4. The quantitative estimate of drug-likeness (QED) is 0.564. The second-order valence-corrected chi connectivity index (χ2v) is 6.95. The van der Waals surface area contributed by atoms with E-state index in [1.54, 1.807) is 24.3 Å². The van der Waals surface area contributed by atoms with Gasteiger partial charge in [0, 0.05) is 24.3 Å². The first-order chi connectivity index (χ1) is 13.6. The number of carbonyl (C=O) groups excluding carboxylic acids is 2. The van der Waals surface area contributed by atoms with E-state index >= 15 is 0 Å². The Labute approximate surface area is 163 Å². The fourth-order valence-corrected chi connectivity index (χ4v) is 3.56. The second-order valence-electron chi connectivity index (χ2n) is 6.95. The predicted molar refractivity (Wildman–Crippen MR) is 111 cm³/mol. The van der Waals surface area contributed by atoms with Gasteiger partial charge in [0.2, 0.25) is 11.8 Å². The van der Waals surface area contributed by atoms with Crippen molar-refractivity contribution in [3.05, 3.63) is 72.3 Å². The molecular weight excluding hydrogens is 352 g/mol. The van der Waals surface area contributed by atoms with Crippen LogP contribution in [0.5, 0.6) is 0 Å². The average molecular weight is 374 g/mol. The van der Waals surface area contributed by atoms with Crippen LogP contribution in [0.15, 0.2) is 66.7 Å². The lowest BCUT2D eigenvalue weighted by Crippen LogP contribution is -2.39. The van der Waals surface area contributed by atoms with Gasteiger partial charge < -0.3 is 10.6 Å². The van der Waals surface area contributed by atoms with Gasteiger partial charge in [0.15, 0.2) is 0 Å². The van der Waals surface area contributed by atoms with Gasteiger partial charge in [-0.15, -0.1) is 0 Å². The van der Waals surface area contributed by atoms with Gasteiger partial charge in [0.25, 0.3) is 0 Å². The first-order valence-electron chi connectivity index (χ1n) is 9.27. The van der Waals surface area contributed by atoms with E-state index in [0.717, 1.165) is 0 Å². The molecule has 0 bridgehead atoms. The standard InChI is InChI=1S/C22H22N4O2/c1-14(27)23-16-9-11-17(12-10-16)24-22(28)21-13-20(25-26-21)19-8-4-6-15-5-2-3-7-18(15)19/h2-12,20-21,25-26H,13H2,1H3,(H,23,27)(H,24,28). The molecule has 0 aromatic heterocycles. The molecule has 3 aromatic carbocycles. The van der Waals surface area contributed by atoms with Gasteiger partial charge >= 0.3 is 0 Å². The summed E-state index contributed by atoms with van der Waals surface area (Å²) >= 11 is 0. The lowest BCUT2D eigenvalue weighted by Gasteiger charge is -2.13. The Balaban J connectivity index is 1.42. The fraction of sp³-hybridized carbons (Fsp3) is 0.182. The highest BCUT2D eigenvalue weighted by molar-refractivity contribution is 5.96. The lowest BCUT2D eigenvalue weighted by atomic mass is 9.96. The van der Waals surface area contributed by atoms with Crippen molar-refractivity contribution in [2.75, 3.05) is 10.6 Å². The molecule has 0 spiro atoms. The number of nitrogens with one attached hydrogen (secondary N) is 4. The number of carbonyl (C=O) groups is 2. The summed E-state index contributed by atoms with van der Waals surface area (Å²) in [6.45, 7) is 1.46. The maximum Gasteiger partial charge on any atom is 0.242 e. The molecule has 0 saturated carbocycles. The molecule has 2 atom stereocenters. The van der Waals surface area contributed by atoms with Crippen LogP contribution in [0.2, 0.25) is 0 Å². The van der Waals surface area contributed by atoms with Gasteiger partial charge in [-0.3, -0.25) is 9.59 Å². The Morgan fingerprint density at radius 3 is 2.29 bits per heavy atom. The largest absolute Gasteiger partial charge is 0.326 e. The van der Waals surface area contributed by atoms with Crippen molar-refractivity contribution in [2.24, 2.45) is 0 Å². The van der Waals surface area contributed by atoms with Crippen LogP contribution in [0.25, 0.3) is 10.8 Å². The van der Waals surface area contributed by atoms with Gasteiger partial charge in [-0.05, 0) is 47.0 Å². The highest BCUT2D eigenvalue weighted by Gasteiger charge is 2.30. The molecule has 1 saturated heterocycles. The third kappa shape index (κ3) is 3.88. The molecule has 0 radical (unpaired) electrons. The van der Waals surface area contributed by atoms with Crippen molar-refractivity contribution in [1.29, 1.82) is 0 Å². The van der Waals surface area contributed by atoms with Crippen molar-refractivity contribution in [3.8, 4) is 0 Å². The van der Waals surface area contributed by atoms with E-state index in [9.17, 15) is 9.59 Å². The summed E-state index contributed by atoms with van der Waals surface area (Å²) in [5.41, 5.74) is 8.93. The zero-order valence-corrected chi connectivity index (χ0v) is 15.5. The molecule has 2 amide bonds. The maximum absolute atomic E-state index is 12.6. The van der Waals surface area contributed by atoms with Crippen LogP contribution in [0.1, 0.15) is 24.9 Å². The number of hydrogen-bond acceptors (Lipinski definition) is 4. The number of anilines is 2. The van der Waals surface area contributed by atoms with Crippen LogP contribution in [-0.4, -0.2) is 17.9 Å². The molecule has 1 fully saturated rings. The maximum atomic E-state index is 12.6. The molecule has 4 N–H and O–H groups in total. The Hall–Kier alpha value is -3.22. The van der Waals surface area contributed by atoms with Crippen molar-refractivity contribution in [1.82, 2.24) is 10.9 Å². The van der Waals surface area contributed by atoms with Gasteiger partial charge in [0.05, 0.1) is 0 Å². The normalized spacial score (nSPS) is 18.8. The molecular formula is C22H22N4O2. The first-order valence-corrected chi connectivity index (χ1v) is 9.27. The molecule has 0 aliphatic carbocycles. The van der Waals surface area contributed by atoms with Gasteiger partial charge in [-0.1, -0.05) is 42.5 Å². The molecule has 3 aromatic rings. The number of hydrogen-bond donors (Lipinski definition) is 4. The van der Waals surface area contributed by atoms with Gasteiger partial charge in [-0.2, -0.15) is 0 Å². The first kappa shape index (κ1) is 18.2. The second kappa shape index (κ2) is 7.80. The molecule has 1 aliphatic heterocycles. The molecule has 6 nitrogen and oxygen atoms in total. The van der Waals surface area contributed by atoms with Crippen molar-refractivity contribution in [2.45, 2.75) is 25.4 Å². The molecule has 1 aliphatic rings. The van der Waals surface area contributed by atoms with E-state index in [0.29, 0.717) is 17.8 Å². The molecule has 4 rings (SSSR count). The highest BCUT2D eigenvalue weighted by atomic mass is 16.2. The van der Waals surface area contributed by atoms with Crippen LogP contribution in [0.3, 0.4) is 0 Å². The van der Waals surface area contributed by atoms with E-state index in [4.69, 9.17) is 0 Å². The van der Waals surface area contributed by atoms with E-state index in [1.165, 1.54) is 23.3 Å². The third-order valence-electron chi connectivity index (χ3n) is 4.89. The Morgan fingerprint density at radius 1 is 0.857 bits per heavy atom. The van der Waals surface area contributed by atoms with Crippen LogP contribution < -0.4 is 21.5 Å². The number of fused-ring (bicyclic) bond motifs is 1. The van der Waals surface area contributed by atoms with Gasteiger partial charge in [0.1, 0.15) is 6.04 Å². The predicted octanol–water partition coefficient (Wildman–Crippen LogP) is 3.34. The minimum atomic E-state index is -0.334. The van der Waals surface area contributed by atoms with Crippen LogP contribution in [-0.2, 0) is 9.59 Å². The zero-order chi connectivity index (χ0) is 19.5. The van der Waals surface area contributed by atoms with Crippen LogP contribution >= 0.6 is 0 Å². The van der Waals surface area contributed by atoms with Crippen molar-refractivity contribution < 1.29 is 9.59 Å². The minimum absolute atomic E-state index is 0.0593. The molecule has 6 heteroatoms. The monoisotopic (exact) mass is 374 g/mol.